The summed E-state index contributed by atoms with van der Waals surface area (Å²) < 4.78 is 0. The summed E-state index contributed by atoms with van der Waals surface area (Å²) in [6.45, 7) is 7.70. The van der Waals surface area contributed by atoms with E-state index in [4.69, 9.17) is 0 Å². The van der Waals surface area contributed by atoms with E-state index in [2.05, 4.69) is 75.7 Å². The maximum Gasteiger partial charge on any atom is 0.251 e. The highest BCUT2D eigenvalue weighted by Crippen LogP contribution is 2.22. The number of carbonyl (C=O) groups excluding carboxylic acids is 1. The summed E-state index contributed by atoms with van der Waals surface area (Å²) in [5, 5.41) is 6.35. The fourth-order valence-electron chi connectivity index (χ4n) is 3.99. The molecule has 0 spiro atoms. The number of carbonyl (C=O) groups is 1. The molecule has 1 aromatic heterocycles. The molecule has 0 unspecified atom stereocenters. The number of benzene rings is 3. The van der Waals surface area contributed by atoms with Gasteiger partial charge in [0, 0.05) is 42.5 Å². The van der Waals surface area contributed by atoms with Gasteiger partial charge in [0.25, 0.3) is 5.91 Å². The minimum absolute atomic E-state index is 0.0761. The Hall–Kier alpha value is -4.03. The number of anilines is 2. The van der Waals surface area contributed by atoms with Gasteiger partial charge in [-0.05, 0) is 43.7 Å². The summed E-state index contributed by atoms with van der Waals surface area (Å²) in [6.07, 6.45) is 2.44. The number of aromatic nitrogens is 2. The predicted molar refractivity (Wildman–Crippen MR) is 146 cm³/mol. The van der Waals surface area contributed by atoms with Crippen LogP contribution < -0.4 is 10.6 Å². The molecule has 0 atom stereocenters. The molecule has 6 nitrogen and oxygen atoms in total. The van der Waals surface area contributed by atoms with Gasteiger partial charge in [0.15, 0.2) is 0 Å². The van der Waals surface area contributed by atoms with Crippen LogP contribution in [-0.2, 0) is 6.54 Å². The maximum atomic E-state index is 12.7. The number of nitrogens with one attached hydrogen (secondary N) is 2. The van der Waals surface area contributed by atoms with E-state index in [1.165, 1.54) is 11.1 Å². The number of nitrogens with zero attached hydrogens (tertiary/aromatic N) is 3. The number of aryl methyl sites for hydroxylation is 1. The zero-order chi connectivity index (χ0) is 25.2. The predicted octanol–water partition coefficient (Wildman–Crippen LogP) is 5.84. The topological polar surface area (TPSA) is 70.2 Å². The lowest BCUT2D eigenvalue weighted by Gasteiger charge is -2.20. The van der Waals surface area contributed by atoms with Crippen LogP contribution in [0.4, 0.5) is 11.5 Å². The largest absolute Gasteiger partial charge is 0.352 e. The summed E-state index contributed by atoms with van der Waals surface area (Å²) in [7, 11) is 0. The highest BCUT2D eigenvalue weighted by Gasteiger charge is 2.09. The lowest BCUT2D eigenvalue weighted by Crippen LogP contribution is -2.29. The zero-order valence-corrected chi connectivity index (χ0v) is 20.9. The van der Waals surface area contributed by atoms with Crippen molar-refractivity contribution < 1.29 is 4.79 Å². The van der Waals surface area contributed by atoms with Crippen LogP contribution in [0.2, 0.25) is 0 Å². The molecule has 0 bridgehead atoms. The first-order chi connectivity index (χ1) is 17.6. The van der Waals surface area contributed by atoms with Crippen LogP contribution in [0.15, 0.2) is 91.3 Å². The van der Waals surface area contributed by atoms with Gasteiger partial charge in [-0.25, -0.2) is 9.97 Å². The molecule has 0 aliphatic rings. The van der Waals surface area contributed by atoms with Gasteiger partial charge < -0.3 is 10.6 Å². The lowest BCUT2D eigenvalue weighted by atomic mass is 10.1. The van der Waals surface area contributed by atoms with Crippen molar-refractivity contribution in [2.45, 2.75) is 26.8 Å². The normalized spacial score (nSPS) is 10.9. The van der Waals surface area contributed by atoms with Gasteiger partial charge in [0.2, 0.25) is 0 Å². The smallest absolute Gasteiger partial charge is 0.251 e. The summed E-state index contributed by atoms with van der Waals surface area (Å²) in [4.78, 5) is 23.9. The van der Waals surface area contributed by atoms with Crippen LogP contribution in [0.1, 0.15) is 34.8 Å². The number of rotatable bonds is 11. The summed E-state index contributed by atoms with van der Waals surface area (Å²) in [5.74, 6) is 0.601. The van der Waals surface area contributed by atoms with Crippen LogP contribution in [0, 0.1) is 6.92 Å². The van der Waals surface area contributed by atoms with Crippen LogP contribution >= 0.6 is 0 Å². The summed E-state index contributed by atoms with van der Waals surface area (Å²) in [6, 6.07) is 28.1. The van der Waals surface area contributed by atoms with Crippen molar-refractivity contribution in [3.05, 3.63) is 108 Å². The van der Waals surface area contributed by atoms with Gasteiger partial charge in [0.1, 0.15) is 12.1 Å². The second kappa shape index (κ2) is 12.6. The number of amides is 1. The molecule has 3 aromatic carbocycles. The van der Waals surface area contributed by atoms with Crippen molar-refractivity contribution in [3.63, 3.8) is 0 Å². The molecule has 4 rings (SSSR count). The third-order valence-electron chi connectivity index (χ3n) is 6.04. The Morgan fingerprint density at radius 1 is 0.917 bits per heavy atom. The monoisotopic (exact) mass is 479 g/mol. The second-order valence-corrected chi connectivity index (χ2v) is 8.82. The molecular weight excluding hydrogens is 446 g/mol. The van der Waals surface area contributed by atoms with Crippen molar-refractivity contribution >= 4 is 17.4 Å². The highest BCUT2D eigenvalue weighted by molar-refractivity contribution is 5.95. The molecule has 1 amide bonds. The van der Waals surface area contributed by atoms with E-state index in [-0.39, 0.29) is 5.91 Å². The van der Waals surface area contributed by atoms with Gasteiger partial charge in [-0.2, -0.15) is 0 Å². The van der Waals surface area contributed by atoms with Crippen molar-refractivity contribution in [2.75, 3.05) is 25.0 Å². The molecule has 0 fully saturated rings. The van der Waals surface area contributed by atoms with E-state index in [9.17, 15) is 4.79 Å². The SMILES string of the molecule is CCN(CCCNC(=O)c1cccc(Nc2cc(-c3ccc(C)cc3)ncn2)c1)Cc1ccccc1. The Kier molecular flexibility index (Phi) is 8.78. The first-order valence-electron chi connectivity index (χ1n) is 12.4. The van der Waals surface area contributed by atoms with E-state index >= 15 is 0 Å². The fraction of sp³-hybridized carbons (Fsp3) is 0.233. The number of hydrogen-bond donors (Lipinski definition) is 2. The van der Waals surface area contributed by atoms with Crippen LogP contribution in [0.5, 0.6) is 0 Å². The molecule has 1 heterocycles. The standard InChI is InChI=1S/C30H33N5O/c1-3-35(21-24-9-5-4-6-10-24)18-8-17-31-30(36)26-11-7-12-27(19-26)34-29-20-28(32-22-33-29)25-15-13-23(2)14-16-25/h4-7,9-16,19-20,22H,3,8,17-18,21H2,1-2H3,(H,31,36)(H,32,33,34). The van der Waals surface area contributed by atoms with Crippen LogP contribution in [-0.4, -0.2) is 40.4 Å². The lowest BCUT2D eigenvalue weighted by molar-refractivity contribution is 0.0951. The maximum absolute atomic E-state index is 12.7. The zero-order valence-electron chi connectivity index (χ0n) is 20.9. The first kappa shape index (κ1) is 25.1. The molecule has 2 N–H and O–H groups in total. The average molecular weight is 480 g/mol. The molecule has 0 saturated carbocycles. The highest BCUT2D eigenvalue weighted by atomic mass is 16.1. The van der Waals surface area contributed by atoms with E-state index in [1.807, 2.05) is 48.5 Å². The molecule has 0 aliphatic heterocycles. The van der Waals surface area contributed by atoms with E-state index in [0.717, 1.165) is 43.0 Å². The summed E-state index contributed by atoms with van der Waals surface area (Å²) in [5.41, 5.74) is 5.80. The van der Waals surface area contributed by atoms with Gasteiger partial charge in [0.05, 0.1) is 5.69 Å². The molecule has 0 radical (unpaired) electrons. The Bertz CT molecular complexity index is 1260. The van der Waals surface area contributed by atoms with Gasteiger partial charge in [-0.1, -0.05) is 73.2 Å². The van der Waals surface area contributed by atoms with Crippen molar-refractivity contribution in [3.8, 4) is 11.3 Å². The van der Waals surface area contributed by atoms with E-state index in [0.29, 0.717) is 17.9 Å². The minimum atomic E-state index is -0.0761. The molecule has 0 aliphatic carbocycles. The Labute approximate surface area is 213 Å². The third-order valence-corrected chi connectivity index (χ3v) is 6.04. The molecular formula is C30H33N5O. The number of hydrogen-bond acceptors (Lipinski definition) is 5. The Balaban J connectivity index is 1.29. The van der Waals surface area contributed by atoms with Gasteiger partial charge in [-0.3, -0.25) is 9.69 Å². The average Bonchev–Trinajstić information content (AvgIpc) is 2.91. The summed E-state index contributed by atoms with van der Waals surface area (Å²) >= 11 is 0. The van der Waals surface area contributed by atoms with Gasteiger partial charge >= 0.3 is 0 Å². The molecule has 0 saturated heterocycles. The Morgan fingerprint density at radius 3 is 2.50 bits per heavy atom. The second-order valence-electron chi connectivity index (χ2n) is 8.82. The fourth-order valence-corrected chi connectivity index (χ4v) is 3.99. The quantitative estimate of drug-likeness (QED) is 0.265. The molecule has 36 heavy (non-hydrogen) atoms. The third kappa shape index (κ3) is 7.23. The minimum Gasteiger partial charge on any atom is -0.352 e. The van der Waals surface area contributed by atoms with Crippen LogP contribution in [0.25, 0.3) is 11.3 Å². The van der Waals surface area contributed by atoms with E-state index < -0.39 is 0 Å². The van der Waals surface area contributed by atoms with Crippen LogP contribution in [0.3, 0.4) is 0 Å². The first-order valence-corrected chi connectivity index (χ1v) is 12.4. The van der Waals surface area contributed by atoms with Crippen molar-refractivity contribution in [1.29, 1.82) is 0 Å². The van der Waals surface area contributed by atoms with Gasteiger partial charge in [-0.15, -0.1) is 0 Å². The van der Waals surface area contributed by atoms with Crippen molar-refractivity contribution in [2.24, 2.45) is 0 Å². The van der Waals surface area contributed by atoms with Crippen molar-refractivity contribution in [1.82, 2.24) is 20.2 Å². The molecule has 6 heteroatoms. The Morgan fingerprint density at radius 2 is 1.72 bits per heavy atom. The molecule has 4 aromatic rings. The van der Waals surface area contributed by atoms with E-state index in [1.54, 1.807) is 6.33 Å². The molecule has 184 valence electrons.